The van der Waals surface area contributed by atoms with Gasteiger partial charge in [0.1, 0.15) is 6.10 Å². The molecule has 1 fully saturated rings. The topological polar surface area (TPSA) is 70.3 Å². The van der Waals surface area contributed by atoms with Crippen LogP contribution in [0.3, 0.4) is 0 Å². The van der Waals surface area contributed by atoms with E-state index in [0.29, 0.717) is 11.8 Å². The van der Waals surface area contributed by atoms with Crippen LogP contribution in [0.2, 0.25) is 0 Å². The Balaban J connectivity index is 2.09. The summed E-state index contributed by atoms with van der Waals surface area (Å²) in [6.45, 7) is 0. The van der Waals surface area contributed by atoms with Gasteiger partial charge in [-0.1, -0.05) is 0 Å². The van der Waals surface area contributed by atoms with Gasteiger partial charge in [-0.2, -0.15) is 9.97 Å². The lowest BCUT2D eigenvalue weighted by atomic mass is 10.3. The summed E-state index contributed by atoms with van der Waals surface area (Å²) in [6, 6.07) is 1.66. The molecule has 1 aromatic heterocycles. The molecule has 0 aromatic carbocycles. The lowest BCUT2D eigenvalue weighted by Crippen LogP contribution is -2.12. The molecule has 15 heavy (non-hydrogen) atoms. The van der Waals surface area contributed by atoms with Crippen molar-refractivity contribution in [2.24, 2.45) is 0 Å². The molecule has 1 aliphatic rings. The minimum absolute atomic E-state index is 0.183. The molecular weight excluding hydrogens is 194 g/mol. The first-order valence-electron chi connectivity index (χ1n) is 5.13. The van der Waals surface area contributed by atoms with Crippen LogP contribution in [0.25, 0.3) is 0 Å². The van der Waals surface area contributed by atoms with Crippen LogP contribution in [0.4, 0.5) is 5.95 Å². The zero-order chi connectivity index (χ0) is 10.7. The molecule has 1 aromatic rings. The van der Waals surface area contributed by atoms with Crippen molar-refractivity contribution in [3.8, 4) is 11.8 Å². The van der Waals surface area contributed by atoms with E-state index < -0.39 is 0 Å². The number of nitrogen functional groups attached to an aromatic ring is 1. The number of hydrogen-bond donors (Lipinski definition) is 1. The van der Waals surface area contributed by atoms with Gasteiger partial charge in [-0.05, 0) is 25.7 Å². The molecule has 0 unspecified atom stereocenters. The Morgan fingerprint density at radius 2 is 1.93 bits per heavy atom. The molecule has 0 aliphatic heterocycles. The van der Waals surface area contributed by atoms with Crippen molar-refractivity contribution >= 4 is 5.95 Å². The van der Waals surface area contributed by atoms with E-state index in [4.69, 9.17) is 15.2 Å². The van der Waals surface area contributed by atoms with Gasteiger partial charge in [-0.3, -0.25) is 0 Å². The van der Waals surface area contributed by atoms with Gasteiger partial charge in [0.2, 0.25) is 17.7 Å². The lowest BCUT2D eigenvalue weighted by Gasteiger charge is -2.12. The highest BCUT2D eigenvalue weighted by molar-refractivity contribution is 5.29. The summed E-state index contributed by atoms with van der Waals surface area (Å²) >= 11 is 0. The monoisotopic (exact) mass is 209 g/mol. The van der Waals surface area contributed by atoms with Gasteiger partial charge in [0, 0.05) is 0 Å². The second-order valence-electron chi connectivity index (χ2n) is 3.63. The van der Waals surface area contributed by atoms with Gasteiger partial charge in [0.25, 0.3) is 0 Å². The van der Waals surface area contributed by atoms with E-state index in [1.54, 1.807) is 13.2 Å². The maximum atomic E-state index is 5.69. The molecular formula is C10H15N3O2. The summed E-state index contributed by atoms with van der Waals surface area (Å²) in [5, 5.41) is 0. The number of hydrogen-bond acceptors (Lipinski definition) is 5. The number of nitrogens with zero attached hydrogens (tertiary/aromatic N) is 2. The van der Waals surface area contributed by atoms with Crippen molar-refractivity contribution < 1.29 is 9.47 Å². The van der Waals surface area contributed by atoms with Crippen LogP contribution in [0, 0.1) is 0 Å². The van der Waals surface area contributed by atoms with Crippen LogP contribution >= 0.6 is 0 Å². The average molecular weight is 209 g/mol. The van der Waals surface area contributed by atoms with Crippen molar-refractivity contribution in [2.75, 3.05) is 12.8 Å². The number of methoxy groups -OCH3 is 1. The quantitative estimate of drug-likeness (QED) is 0.814. The Morgan fingerprint density at radius 1 is 1.27 bits per heavy atom. The third-order valence-electron chi connectivity index (χ3n) is 2.50. The summed E-state index contributed by atoms with van der Waals surface area (Å²) < 4.78 is 10.7. The van der Waals surface area contributed by atoms with Crippen molar-refractivity contribution in [3.63, 3.8) is 0 Å². The summed E-state index contributed by atoms with van der Waals surface area (Å²) in [6.07, 6.45) is 4.90. The number of ether oxygens (including phenoxy) is 2. The molecule has 1 aliphatic carbocycles. The minimum Gasteiger partial charge on any atom is -0.481 e. The molecule has 0 bridgehead atoms. The molecule has 0 radical (unpaired) electrons. The zero-order valence-corrected chi connectivity index (χ0v) is 8.77. The van der Waals surface area contributed by atoms with Crippen LogP contribution in [0.1, 0.15) is 25.7 Å². The standard InChI is InChI=1S/C10H15N3O2/c1-14-8-6-9(13-10(11)12-8)15-7-4-2-3-5-7/h6-7H,2-5H2,1H3,(H2,11,12,13). The molecule has 0 atom stereocenters. The molecule has 1 heterocycles. The average Bonchev–Trinajstić information content (AvgIpc) is 2.69. The highest BCUT2D eigenvalue weighted by Crippen LogP contribution is 2.24. The predicted molar refractivity (Wildman–Crippen MR) is 55.9 cm³/mol. The zero-order valence-electron chi connectivity index (χ0n) is 8.77. The van der Waals surface area contributed by atoms with Crippen LogP contribution < -0.4 is 15.2 Å². The van der Waals surface area contributed by atoms with E-state index in [2.05, 4.69) is 9.97 Å². The molecule has 0 saturated heterocycles. The first-order valence-corrected chi connectivity index (χ1v) is 5.13. The predicted octanol–water partition coefficient (Wildman–Crippen LogP) is 1.39. The SMILES string of the molecule is COc1cc(OC2CCCC2)nc(N)n1. The first-order chi connectivity index (χ1) is 7.28. The van der Waals surface area contributed by atoms with E-state index >= 15 is 0 Å². The fraction of sp³-hybridized carbons (Fsp3) is 0.600. The first kappa shape index (κ1) is 10.0. The van der Waals surface area contributed by atoms with Gasteiger partial charge in [0.15, 0.2) is 0 Å². The molecule has 1 saturated carbocycles. The number of nitrogens with two attached hydrogens (primary N) is 1. The van der Waals surface area contributed by atoms with E-state index in [-0.39, 0.29) is 12.1 Å². The Morgan fingerprint density at radius 3 is 2.60 bits per heavy atom. The van der Waals surface area contributed by atoms with Crippen molar-refractivity contribution in [1.82, 2.24) is 9.97 Å². The van der Waals surface area contributed by atoms with Gasteiger partial charge >= 0.3 is 0 Å². The summed E-state index contributed by atoms with van der Waals surface area (Å²) in [4.78, 5) is 7.90. The van der Waals surface area contributed by atoms with Crippen LogP contribution in [-0.4, -0.2) is 23.2 Å². The minimum atomic E-state index is 0.183. The lowest BCUT2D eigenvalue weighted by molar-refractivity contribution is 0.200. The fourth-order valence-corrected chi connectivity index (χ4v) is 1.76. The van der Waals surface area contributed by atoms with E-state index in [0.717, 1.165) is 12.8 Å². The normalized spacial score (nSPS) is 16.6. The Labute approximate surface area is 88.6 Å². The summed E-state index contributed by atoms with van der Waals surface area (Å²) in [5.74, 6) is 1.13. The second kappa shape index (κ2) is 4.33. The van der Waals surface area contributed by atoms with Crippen LogP contribution in [0.5, 0.6) is 11.8 Å². The molecule has 5 nitrogen and oxygen atoms in total. The molecule has 2 rings (SSSR count). The van der Waals surface area contributed by atoms with E-state index in [1.807, 2.05) is 0 Å². The van der Waals surface area contributed by atoms with Gasteiger partial charge in [0.05, 0.1) is 13.2 Å². The van der Waals surface area contributed by atoms with Gasteiger partial charge in [-0.25, -0.2) is 0 Å². The van der Waals surface area contributed by atoms with Crippen molar-refractivity contribution in [3.05, 3.63) is 6.07 Å². The third kappa shape index (κ3) is 2.49. The largest absolute Gasteiger partial charge is 0.481 e. The van der Waals surface area contributed by atoms with Crippen molar-refractivity contribution in [1.29, 1.82) is 0 Å². The highest BCUT2D eigenvalue weighted by Gasteiger charge is 2.17. The van der Waals surface area contributed by atoms with Crippen molar-refractivity contribution in [2.45, 2.75) is 31.8 Å². The van der Waals surface area contributed by atoms with Gasteiger partial charge < -0.3 is 15.2 Å². The summed E-state index contributed by atoms with van der Waals surface area (Å²) in [5.41, 5.74) is 5.53. The molecule has 0 amide bonds. The summed E-state index contributed by atoms with van der Waals surface area (Å²) in [7, 11) is 1.54. The Hall–Kier alpha value is -1.52. The Kier molecular flexibility index (Phi) is 2.89. The number of anilines is 1. The maximum Gasteiger partial charge on any atom is 0.226 e. The van der Waals surface area contributed by atoms with Gasteiger partial charge in [-0.15, -0.1) is 0 Å². The smallest absolute Gasteiger partial charge is 0.226 e. The maximum absolute atomic E-state index is 5.69. The molecule has 0 spiro atoms. The highest BCUT2D eigenvalue weighted by atomic mass is 16.5. The van der Waals surface area contributed by atoms with Crippen LogP contribution in [-0.2, 0) is 0 Å². The molecule has 82 valence electrons. The number of aromatic nitrogens is 2. The second-order valence-corrected chi connectivity index (χ2v) is 3.63. The third-order valence-corrected chi connectivity index (χ3v) is 2.50. The van der Waals surface area contributed by atoms with E-state index in [1.165, 1.54) is 12.8 Å². The Bertz CT molecular complexity index is 337. The molecule has 5 heteroatoms. The van der Waals surface area contributed by atoms with Crippen LogP contribution in [0.15, 0.2) is 6.07 Å². The number of rotatable bonds is 3. The molecule has 2 N–H and O–H groups in total. The fourth-order valence-electron chi connectivity index (χ4n) is 1.76. The van der Waals surface area contributed by atoms with E-state index in [9.17, 15) is 0 Å².